The van der Waals surface area contributed by atoms with Gasteiger partial charge in [0.1, 0.15) is 0 Å². The Morgan fingerprint density at radius 1 is 0.593 bits per heavy atom. The van der Waals surface area contributed by atoms with Gasteiger partial charge in [-0.3, -0.25) is 14.4 Å². The Bertz CT molecular complexity index is 2840. The predicted octanol–water partition coefficient (Wildman–Crippen LogP) is 8.17. The minimum absolute atomic E-state index is 0.00470. The van der Waals surface area contributed by atoms with Crippen LogP contribution in [0.15, 0.2) is 41.3 Å². The molecule has 0 bridgehead atoms. The zero-order valence-electron chi connectivity index (χ0n) is 53.3. The summed E-state index contributed by atoms with van der Waals surface area (Å²) in [7, 11) is -0.306. The van der Waals surface area contributed by atoms with E-state index in [0.29, 0.717) is 89.2 Å². The van der Waals surface area contributed by atoms with Gasteiger partial charge in [0.05, 0.1) is 48.1 Å². The molecule has 10 rings (SSSR count). The lowest BCUT2D eigenvalue weighted by molar-refractivity contribution is -0.207. The summed E-state index contributed by atoms with van der Waals surface area (Å²) in [6.07, 6.45) is 12.7. The van der Waals surface area contributed by atoms with E-state index in [1.165, 1.54) is 0 Å². The molecule has 2 aromatic rings. The first kappa shape index (κ1) is 65.5. The van der Waals surface area contributed by atoms with Crippen molar-refractivity contribution in [3.05, 3.63) is 36.4 Å². The quantitative estimate of drug-likeness (QED) is 0.0507. The van der Waals surface area contributed by atoms with E-state index in [-0.39, 0.29) is 134 Å². The number of carbonyl (C=O) groups excluding carboxylic acids is 3. The van der Waals surface area contributed by atoms with Crippen molar-refractivity contribution in [3.8, 4) is 0 Å². The van der Waals surface area contributed by atoms with Gasteiger partial charge >= 0.3 is 0 Å². The maximum atomic E-state index is 14.1. The minimum Gasteiger partial charge on any atom is -0.393 e. The molecule has 8 fully saturated rings. The second-order valence-corrected chi connectivity index (χ2v) is 32.3. The van der Waals surface area contributed by atoms with Crippen molar-refractivity contribution in [2.45, 2.75) is 218 Å². The van der Waals surface area contributed by atoms with Gasteiger partial charge in [-0.15, -0.1) is 0 Å². The standard InChI is InChI=1S/C69H109N5O11S/c1-41(49-20-22-51-64-53(38-59(79)68(49,51)5)66(3)28-26-45(75)34-43(66)36-56(64)77)18-24-61(81)70-30-9-10-32-74(63(83)40-72-86(84,85)58-17-12-14-47-48(58)15-11-16-55(47)73(7)8)33-13-31-71-62(82)25-19-42(2)50-21-23-52-65-54(39-60(80)69(50,52)6)67(4)29-27-46(76)35-44(67)37-57(65)78/h11-12,14-17,41-46,49-54,56-57,59-60,64-65,72,75-80H,9-10,13,18-40H2,1-8H3,(H,70,81)(H,71,82)/t41-,42-,43+,44+,45-,46-,49-,50-,51+,52+,53+,54+,56-,57-,59+,60+,64+,65+,66+,67+,68-,69-/m1/s1. The van der Waals surface area contributed by atoms with E-state index in [1.807, 2.05) is 37.2 Å². The molecular weight excluding hydrogens is 1110 g/mol. The highest BCUT2D eigenvalue weighted by Crippen LogP contribution is 2.70. The van der Waals surface area contributed by atoms with E-state index < -0.39 is 41.0 Å². The second-order valence-electron chi connectivity index (χ2n) is 30.6. The highest BCUT2D eigenvalue weighted by atomic mass is 32.2. The fourth-order valence-corrected chi connectivity index (χ4v) is 22.5. The van der Waals surface area contributed by atoms with Crippen LogP contribution in [-0.2, 0) is 24.4 Å². The van der Waals surface area contributed by atoms with Crippen LogP contribution in [0.3, 0.4) is 0 Å². The predicted molar refractivity (Wildman–Crippen MR) is 335 cm³/mol. The minimum atomic E-state index is -4.11. The van der Waals surface area contributed by atoms with Crippen molar-refractivity contribution in [1.29, 1.82) is 0 Å². The Labute approximate surface area is 514 Å². The van der Waals surface area contributed by atoms with Crippen molar-refractivity contribution in [2.24, 2.45) is 92.7 Å². The van der Waals surface area contributed by atoms with Gasteiger partial charge in [0, 0.05) is 69.6 Å². The van der Waals surface area contributed by atoms with Crippen molar-refractivity contribution in [3.63, 3.8) is 0 Å². The van der Waals surface area contributed by atoms with Crippen LogP contribution >= 0.6 is 0 Å². The average Bonchev–Trinajstić information content (AvgIpc) is 1.34. The van der Waals surface area contributed by atoms with Crippen molar-refractivity contribution < 1.29 is 53.4 Å². The van der Waals surface area contributed by atoms with E-state index in [9.17, 15) is 53.4 Å². The van der Waals surface area contributed by atoms with Crippen LogP contribution in [0.1, 0.15) is 176 Å². The lowest BCUT2D eigenvalue weighted by atomic mass is 9.43. The number of nitrogens with one attached hydrogen (secondary N) is 3. The van der Waals surface area contributed by atoms with Crippen LogP contribution in [0.2, 0.25) is 0 Å². The molecule has 0 unspecified atom stereocenters. The first-order chi connectivity index (χ1) is 40.7. The molecule has 86 heavy (non-hydrogen) atoms. The molecule has 3 amide bonds. The first-order valence-electron chi connectivity index (χ1n) is 33.8. The molecule has 9 N–H and O–H groups in total. The summed E-state index contributed by atoms with van der Waals surface area (Å²) < 4.78 is 30.5. The molecular formula is C69H109N5O11S. The fourth-order valence-electron chi connectivity index (χ4n) is 21.3. The van der Waals surface area contributed by atoms with Gasteiger partial charge in [-0.1, -0.05) is 65.8 Å². The third-order valence-corrected chi connectivity index (χ3v) is 27.7. The molecule has 8 aliphatic carbocycles. The number of aliphatic hydroxyl groups excluding tert-OH is 6. The number of benzene rings is 2. The van der Waals surface area contributed by atoms with Crippen LogP contribution in [-0.4, -0.2) is 145 Å². The number of rotatable bonds is 22. The Hall–Kier alpha value is -3.42. The molecule has 0 saturated heterocycles. The van der Waals surface area contributed by atoms with E-state index >= 15 is 0 Å². The molecule has 22 atom stereocenters. The molecule has 482 valence electrons. The molecule has 17 heteroatoms. The van der Waals surface area contributed by atoms with Crippen molar-refractivity contribution in [2.75, 3.05) is 51.7 Å². The lowest BCUT2D eigenvalue weighted by Crippen LogP contribution is -2.62. The van der Waals surface area contributed by atoms with Gasteiger partial charge in [-0.25, -0.2) is 13.1 Å². The Morgan fingerprint density at radius 2 is 1.07 bits per heavy atom. The van der Waals surface area contributed by atoms with Crippen molar-refractivity contribution >= 4 is 44.2 Å². The van der Waals surface area contributed by atoms with Crippen LogP contribution in [0.5, 0.6) is 0 Å². The number of amides is 3. The Kier molecular flexibility index (Phi) is 19.9. The smallest absolute Gasteiger partial charge is 0.241 e. The number of hydrogen-bond acceptors (Lipinski definition) is 12. The number of hydrogen-bond donors (Lipinski definition) is 9. The summed E-state index contributed by atoms with van der Waals surface area (Å²) in [5, 5.41) is 76.2. The first-order valence-corrected chi connectivity index (χ1v) is 35.3. The van der Waals surface area contributed by atoms with E-state index in [2.05, 4.69) is 56.9 Å². The number of nitrogens with zero attached hydrogens (tertiary/aromatic N) is 2. The molecule has 16 nitrogen and oxygen atoms in total. The normalized spacial score (nSPS) is 39.8. The van der Waals surface area contributed by atoms with E-state index in [4.69, 9.17) is 0 Å². The largest absolute Gasteiger partial charge is 0.393 e. The van der Waals surface area contributed by atoms with Gasteiger partial charge in [0.25, 0.3) is 0 Å². The molecule has 0 spiro atoms. The van der Waals surface area contributed by atoms with Crippen molar-refractivity contribution in [1.82, 2.24) is 20.3 Å². The van der Waals surface area contributed by atoms with E-state index in [0.717, 1.165) is 81.7 Å². The summed E-state index contributed by atoms with van der Waals surface area (Å²) in [6, 6.07) is 10.6. The fraction of sp³-hybridized carbons (Fsp3) is 0.812. The molecule has 8 aliphatic rings. The van der Waals surface area contributed by atoms with Crippen LogP contribution in [0, 0.1) is 92.7 Å². The summed E-state index contributed by atoms with van der Waals surface area (Å²) in [4.78, 5) is 44.7. The number of unbranched alkanes of at least 4 members (excludes halogenated alkanes) is 1. The highest BCUT2D eigenvalue weighted by Gasteiger charge is 2.67. The topological polar surface area (TPSA) is 249 Å². The summed E-state index contributed by atoms with van der Waals surface area (Å²) in [5.74, 6) is 1.98. The van der Waals surface area contributed by atoms with Crippen LogP contribution < -0.4 is 20.3 Å². The zero-order chi connectivity index (χ0) is 61.8. The molecule has 2 aromatic carbocycles. The third-order valence-electron chi connectivity index (χ3n) is 26.2. The second kappa shape index (κ2) is 26.1. The maximum absolute atomic E-state index is 14.1. The SMILES string of the molecule is C[C@H](CCC(=O)NCCCCN(CCCNC(=O)CC[C@@H](C)[C@H]1CC[C@H]2[C@@H]3[C@H](O)C[C@@H]4C[C@H](O)CC[C@]4(C)[C@H]3C[C@H](O)[C@]12C)C(=O)CNS(=O)(=O)c1cccc2c(N(C)C)cccc12)[C@H]1CC[C@H]2[C@@H]3[C@H](O)C[C@@H]4C[C@H](O)CC[C@]4(C)[C@H]3C[C@H](O)[C@]12C. The zero-order valence-corrected chi connectivity index (χ0v) is 54.1. The van der Waals surface area contributed by atoms with Crippen LogP contribution in [0.25, 0.3) is 10.8 Å². The highest BCUT2D eigenvalue weighted by molar-refractivity contribution is 7.89. The summed E-state index contributed by atoms with van der Waals surface area (Å²) >= 11 is 0. The Balaban J connectivity index is 0.703. The lowest BCUT2D eigenvalue weighted by Gasteiger charge is -2.63. The van der Waals surface area contributed by atoms with Gasteiger partial charge in [-0.2, -0.15) is 0 Å². The summed E-state index contributed by atoms with van der Waals surface area (Å²) in [6.45, 7) is 14.5. The molecule has 0 aliphatic heterocycles. The third kappa shape index (κ3) is 12.3. The molecule has 0 heterocycles. The number of aliphatic hydroxyl groups is 6. The number of anilines is 1. The molecule has 0 aromatic heterocycles. The van der Waals surface area contributed by atoms with Gasteiger partial charge in [0.15, 0.2) is 0 Å². The maximum Gasteiger partial charge on any atom is 0.241 e. The van der Waals surface area contributed by atoms with Gasteiger partial charge in [-0.05, 0) is 227 Å². The monoisotopic (exact) mass is 1220 g/mol. The summed E-state index contributed by atoms with van der Waals surface area (Å²) in [5.41, 5.74) is 0.191. The molecule has 0 radical (unpaired) electrons. The number of carbonyl (C=O) groups is 3. The number of fused-ring (bicyclic) bond motifs is 11. The average molecular weight is 1220 g/mol. The van der Waals surface area contributed by atoms with Gasteiger partial charge in [0.2, 0.25) is 27.7 Å². The van der Waals surface area contributed by atoms with Gasteiger partial charge < -0.3 is 51.1 Å². The van der Waals surface area contributed by atoms with E-state index in [1.54, 1.807) is 23.1 Å². The van der Waals surface area contributed by atoms with Crippen LogP contribution in [0.4, 0.5) is 5.69 Å². The number of sulfonamides is 1. The Morgan fingerprint density at radius 3 is 1.58 bits per heavy atom. The molecule has 8 saturated carbocycles.